The summed E-state index contributed by atoms with van der Waals surface area (Å²) in [7, 11) is 0. The molecule has 0 aliphatic carbocycles. The number of anilines is 2. The molecule has 1 saturated heterocycles. The summed E-state index contributed by atoms with van der Waals surface area (Å²) in [5.41, 5.74) is 0.428. The fraction of sp³-hybridized carbons (Fsp3) is 0.250. The van der Waals surface area contributed by atoms with Crippen molar-refractivity contribution in [2.24, 2.45) is 0 Å². The van der Waals surface area contributed by atoms with Crippen molar-refractivity contribution < 1.29 is 9.53 Å². The summed E-state index contributed by atoms with van der Waals surface area (Å²) in [6.07, 6.45) is 3.52. The van der Waals surface area contributed by atoms with Gasteiger partial charge in [0.05, 0.1) is 5.56 Å². The summed E-state index contributed by atoms with van der Waals surface area (Å²) in [5.74, 6) is 1.80. The quantitative estimate of drug-likeness (QED) is 0.720. The van der Waals surface area contributed by atoms with Crippen molar-refractivity contribution >= 4 is 17.8 Å². The molecule has 1 aliphatic rings. The van der Waals surface area contributed by atoms with Crippen LogP contribution in [-0.4, -0.2) is 34.2 Å². The van der Waals surface area contributed by atoms with E-state index < -0.39 is 0 Å². The summed E-state index contributed by atoms with van der Waals surface area (Å²) in [6, 6.07) is 16.5. The fourth-order valence-corrected chi connectivity index (χ4v) is 3.08. The molecule has 4 rings (SSSR count). The normalized spacial score (nSPS) is 14.0. The number of hydrogen-bond acceptors (Lipinski definition) is 5. The maximum Gasteiger partial charge on any atom is 0.261 e. The standard InChI is InChI=1S/C20H21N5O2/c26-18(21-19-22-20(24-23-19)25-13-7-2-8-14-25)16-11-5-6-12-17(16)27-15-9-3-1-4-10-15/h1,3-6,9-12H,2,7-8,13-14H2,(H2,21,22,23,24,26). The topological polar surface area (TPSA) is 83.1 Å². The van der Waals surface area contributed by atoms with Gasteiger partial charge >= 0.3 is 0 Å². The van der Waals surface area contributed by atoms with Crippen LogP contribution in [-0.2, 0) is 0 Å². The molecular weight excluding hydrogens is 342 g/mol. The lowest BCUT2D eigenvalue weighted by Gasteiger charge is -2.24. The van der Waals surface area contributed by atoms with E-state index in [0.717, 1.165) is 25.9 Å². The van der Waals surface area contributed by atoms with E-state index in [2.05, 4.69) is 25.4 Å². The zero-order chi connectivity index (χ0) is 18.5. The molecule has 27 heavy (non-hydrogen) atoms. The number of piperidine rings is 1. The fourth-order valence-electron chi connectivity index (χ4n) is 3.08. The molecule has 0 bridgehead atoms. The Morgan fingerprint density at radius 2 is 1.74 bits per heavy atom. The number of rotatable bonds is 5. The van der Waals surface area contributed by atoms with Crippen LogP contribution >= 0.6 is 0 Å². The molecule has 2 heterocycles. The molecule has 0 saturated carbocycles. The van der Waals surface area contributed by atoms with Crippen LogP contribution in [0, 0.1) is 0 Å². The second-order valence-corrected chi connectivity index (χ2v) is 6.40. The van der Waals surface area contributed by atoms with E-state index in [4.69, 9.17) is 4.74 Å². The number of amides is 1. The third kappa shape index (κ3) is 4.08. The van der Waals surface area contributed by atoms with Gasteiger partial charge in [-0.3, -0.25) is 10.1 Å². The van der Waals surface area contributed by atoms with Gasteiger partial charge in [0.2, 0.25) is 11.9 Å². The first kappa shape index (κ1) is 17.1. The second kappa shape index (κ2) is 7.90. The lowest BCUT2D eigenvalue weighted by molar-refractivity contribution is 0.102. The van der Waals surface area contributed by atoms with Crippen molar-refractivity contribution in [3.8, 4) is 11.5 Å². The van der Waals surface area contributed by atoms with Gasteiger partial charge in [0.15, 0.2) is 0 Å². The van der Waals surface area contributed by atoms with Gasteiger partial charge in [-0.25, -0.2) is 5.10 Å². The number of benzene rings is 2. The number of ether oxygens (including phenoxy) is 1. The maximum atomic E-state index is 12.7. The molecule has 7 nitrogen and oxygen atoms in total. The molecule has 1 aromatic heterocycles. The molecule has 1 amide bonds. The molecule has 7 heteroatoms. The van der Waals surface area contributed by atoms with E-state index in [1.54, 1.807) is 18.2 Å². The van der Waals surface area contributed by atoms with Crippen molar-refractivity contribution in [2.75, 3.05) is 23.3 Å². The van der Waals surface area contributed by atoms with Crippen LogP contribution in [0.15, 0.2) is 54.6 Å². The van der Waals surface area contributed by atoms with E-state index in [-0.39, 0.29) is 5.91 Å². The Hall–Kier alpha value is -3.35. The number of para-hydroxylation sites is 2. The van der Waals surface area contributed by atoms with E-state index >= 15 is 0 Å². The number of aromatic nitrogens is 3. The van der Waals surface area contributed by atoms with Crippen molar-refractivity contribution in [3.05, 3.63) is 60.2 Å². The average Bonchev–Trinajstić information content (AvgIpc) is 3.18. The Labute approximate surface area is 157 Å². The molecule has 2 aromatic carbocycles. The lowest BCUT2D eigenvalue weighted by atomic mass is 10.1. The van der Waals surface area contributed by atoms with Gasteiger partial charge < -0.3 is 9.64 Å². The highest BCUT2D eigenvalue weighted by atomic mass is 16.5. The molecule has 0 spiro atoms. The number of nitrogens with one attached hydrogen (secondary N) is 2. The summed E-state index contributed by atoms with van der Waals surface area (Å²) >= 11 is 0. The van der Waals surface area contributed by atoms with Crippen LogP contribution in [0.1, 0.15) is 29.6 Å². The van der Waals surface area contributed by atoms with Crippen LogP contribution < -0.4 is 15.0 Å². The minimum Gasteiger partial charge on any atom is -0.457 e. The highest BCUT2D eigenvalue weighted by Crippen LogP contribution is 2.25. The lowest BCUT2D eigenvalue weighted by Crippen LogP contribution is -2.30. The summed E-state index contributed by atoms with van der Waals surface area (Å²) in [5, 5.41) is 9.79. The van der Waals surface area contributed by atoms with Crippen LogP contribution in [0.5, 0.6) is 11.5 Å². The smallest absolute Gasteiger partial charge is 0.261 e. The first-order valence-corrected chi connectivity index (χ1v) is 9.10. The highest BCUT2D eigenvalue weighted by molar-refractivity contribution is 6.05. The van der Waals surface area contributed by atoms with E-state index in [1.165, 1.54) is 6.42 Å². The van der Waals surface area contributed by atoms with Crippen LogP contribution in [0.4, 0.5) is 11.9 Å². The van der Waals surface area contributed by atoms with Crippen LogP contribution in [0.3, 0.4) is 0 Å². The van der Waals surface area contributed by atoms with E-state index in [1.807, 2.05) is 36.4 Å². The molecule has 3 aromatic rings. The minimum absolute atomic E-state index is 0.303. The first-order chi connectivity index (χ1) is 13.3. The Morgan fingerprint density at radius 3 is 2.56 bits per heavy atom. The molecule has 0 radical (unpaired) electrons. The average molecular weight is 363 g/mol. The summed E-state index contributed by atoms with van der Waals surface area (Å²) in [4.78, 5) is 19.2. The predicted molar refractivity (Wildman–Crippen MR) is 103 cm³/mol. The Morgan fingerprint density at radius 1 is 1.00 bits per heavy atom. The largest absolute Gasteiger partial charge is 0.457 e. The zero-order valence-corrected chi connectivity index (χ0v) is 14.9. The van der Waals surface area contributed by atoms with Gasteiger partial charge in [-0.2, -0.15) is 4.98 Å². The Kier molecular flexibility index (Phi) is 5.00. The predicted octanol–water partition coefficient (Wildman–Crippen LogP) is 3.84. The van der Waals surface area contributed by atoms with Gasteiger partial charge in [0, 0.05) is 13.1 Å². The zero-order valence-electron chi connectivity index (χ0n) is 14.9. The van der Waals surface area contributed by atoms with Gasteiger partial charge in [-0.15, -0.1) is 5.10 Å². The summed E-state index contributed by atoms with van der Waals surface area (Å²) < 4.78 is 5.85. The highest BCUT2D eigenvalue weighted by Gasteiger charge is 2.18. The molecular formula is C20H21N5O2. The molecule has 0 atom stereocenters. The first-order valence-electron chi connectivity index (χ1n) is 9.10. The maximum absolute atomic E-state index is 12.7. The SMILES string of the molecule is O=C(Nc1nc(N2CCCCC2)n[nH]1)c1ccccc1Oc1ccccc1. The van der Waals surface area contributed by atoms with Gasteiger partial charge in [0.25, 0.3) is 5.91 Å². The summed E-state index contributed by atoms with van der Waals surface area (Å²) in [6.45, 7) is 1.89. The van der Waals surface area contributed by atoms with E-state index in [0.29, 0.717) is 29.0 Å². The number of H-pyrrole nitrogens is 1. The van der Waals surface area contributed by atoms with Crippen molar-refractivity contribution in [1.82, 2.24) is 15.2 Å². The number of aromatic amines is 1. The minimum atomic E-state index is -0.303. The Balaban J connectivity index is 1.48. The molecule has 1 aliphatic heterocycles. The number of carbonyl (C=O) groups is 1. The second-order valence-electron chi connectivity index (χ2n) is 6.40. The third-order valence-electron chi connectivity index (χ3n) is 4.45. The van der Waals surface area contributed by atoms with Gasteiger partial charge in [-0.1, -0.05) is 30.3 Å². The molecule has 1 fully saturated rings. The van der Waals surface area contributed by atoms with Crippen molar-refractivity contribution in [3.63, 3.8) is 0 Å². The Bertz CT molecular complexity index is 904. The van der Waals surface area contributed by atoms with Gasteiger partial charge in [0.1, 0.15) is 11.5 Å². The number of carbonyl (C=O) groups excluding carboxylic acids is 1. The number of nitrogens with zero attached hydrogens (tertiary/aromatic N) is 3. The van der Waals surface area contributed by atoms with Crippen LogP contribution in [0.2, 0.25) is 0 Å². The van der Waals surface area contributed by atoms with Gasteiger partial charge in [-0.05, 0) is 43.5 Å². The van der Waals surface area contributed by atoms with Crippen molar-refractivity contribution in [2.45, 2.75) is 19.3 Å². The molecule has 138 valence electrons. The monoisotopic (exact) mass is 363 g/mol. The van der Waals surface area contributed by atoms with Crippen LogP contribution in [0.25, 0.3) is 0 Å². The van der Waals surface area contributed by atoms with Crippen molar-refractivity contribution in [1.29, 1.82) is 0 Å². The number of hydrogen-bond donors (Lipinski definition) is 2. The van der Waals surface area contributed by atoms with E-state index in [9.17, 15) is 4.79 Å². The third-order valence-corrected chi connectivity index (χ3v) is 4.45. The molecule has 0 unspecified atom stereocenters. The molecule has 2 N–H and O–H groups in total.